The average Bonchev–Trinajstić information content (AvgIpc) is 2.91. The number of anilines is 2. The molecule has 24 heavy (non-hydrogen) atoms. The Bertz CT molecular complexity index is 816. The number of hydrogen-bond donors (Lipinski definition) is 1. The number of rotatable bonds is 7. The highest BCUT2D eigenvalue weighted by Gasteiger charge is 2.19. The summed E-state index contributed by atoms with van der Waals surface area (Å²) in [5.41, 5.74) is 0.432. The van der Waals surface area contributed by atoms with Crippen LogP contribution in [0.5, 0.6) is 5.75 Å². The van der Waals surface area contributed by atoms with E-state index in [4.69, 9.17) is 9.26 Å². The Labute approximate surface area is 140 Å². The number of carbonyl (C=O) groups excluding carboxylic acids is 1. The van der Waals surface area contributed by atoms with E-state index in [-0.39, 0.29) is 18.9 Å². The van der Waals surface area contributed by atoms with Crippen molar-refractivity contribution < 1.29 is 22.5 Å². The van der Waals surface area contributed by atoms with Crippen molar-refractivity contribution in [2.24, 2.45) is 0 Å². The van der Waals surface area contributed by atoms with Crippen LogP contribution in [0.1, 0.15) is 12.2 Å². The van der Waals surface area contributed by atoms with Gasteiger partial charge in [-0.25, -0.2) is 8.42 Å². The molecule has 0 saturated heterocycles. The molecule has 0 saturated carbocycles. The number of aryl methyl sites for hydroxylation is 1. The van der Waals surface area contributed by atoms with Crippen molar-refractivity contribution >= 4 is 27.4 Å². The Hall–Kier alpha value is -2.55. The van der Waals surface area contributed by atoms with Gasteiger partial charge in [0.2, 0.25) is 15.9 Å². The number of methoxy groups -OCH3 is 1. The zero-order chi connectivity index (χ0) is 17.7. The largest absolute Gasteiger partial charge is 0.497 e. The second-order valence-electron chi connectivity index (χ2n) is 5.16. The van der Waals surface area contributed by atoms with Gasteiger partial charge >= 0.3 is 0 Å². The maximum Gasteiger partial charge on any atom is 0.232 e. The summed E-state index contributed by atoms with van der Waals surface area (Å²) in [7, 11) is -2.05. The number of carbonyl (C=O) groups is 1. The third-order valence-corrected chi connectivity index (χ3v) is 4.37. The minimum atomic E-state index is -3.54. The molecule has 130 valence electrons. The predicted molar refractivity (Wildman–Crippen MR) is 89.7 cm³/mol. The van der Waals surface area contributed by atoms with Gasteiger partial charge in [-0.15, -0.1) is 0 Å². The van der Waals surface area contributed by atoms with Gasteiger partial charge in [0, 0.05) is 25.1 Å². The van der Waals surface area contributed by atoms with Crippen LogP contribution < -0.4 is 14.4 Å². The summed E-state index contributed by atoms with van der Waals surface area (Å²) in [6, 6.07) is 8.21. The molecule has 1 amide bonds. The molecular weight excluding hydrogens is 334 g/mol. The second kappa shape index (κ2) is 7.35. The predicted octanol–water partition coefficient (Wildman–Crippen LogP) is 1.79. The fourth-order valence-electron chi connectivity index (χ4n) is 2.09. The van der Waals surface area contributed by atoms with Crippen LogP contribution in [-0.4, -0.2) is 39.4 Å². The molecule has 0 spiro atoms. The highest BCUT2D eigenvalue weighted by Crippen LogP contribution is 2.23. The minimum Gasteiger partial charge on any atom is -0.497 e. The third kappa shape index (κ3) is 4.72. The van der Waals surface area contributed by atoms with Crippen molar-refractivity contribution in [3.05, 3.63) is 36.1 Å². The number of ether oxygens (including phenoxy) is 1. The first-order valence-corrected chi connectivity index (χ1v) is 8.99. The van der Waals surface area contributed by atoms with E-state index in [1.165, 1.54) is 7.11 Å². The molecule has 2 rings (SSSR count). The molecule has 2 aromatic rings. The van der Waals surface area contributed by atoms with Crippen LogP contribution in [0.15, 0.2) is 34.9 Å². The molecule has 1 aromatic heterocycles. The summed E-state index contributed by atoms with van der Waals surface area (Å²) in [5, 5.41) is 6.21. The topological polar surface area (TPSA) is 102 Å². The maximum atomic E-state index is 12.0. The Morgan fingerprint density at radius 2 is 2.12 bits per heavy atom. The molecule has 0 radical (unpaired) electrons. The van der Waals surface area contributed by atoms with E-state index < -0.39 is 10.0 Å². The number of hydrogen-bond acceptors (Lipinski definition) is 6. The molecular formula is C15H19N3O5S. The van der Waals surface area contributed by atoms with Crippen LogP contribution in [0.3, 0.4) is 0 Å². The molecule has 1 aromatic carbocycles. The summed E-state index contributed by atoms with van der Waals surface area (Å²) in [5.74, 6) is 1.03. The van der Waals surface area contributed by atoms with E-state index >= 15 is 0 Å². The zero-order valence-corrected chi connectivity index (χ0v) is 14.5. The summed E-state index contributed by atoms with van der Waals surface area (Å²) in [6.07, 6.45) is 1.06. The summed E-state index contributed by atoms with van der Waals surface area (Å²) < 4.78 is 35.2. The third-order valence-electron chi connectivity index (χ3n) is 3.18. The van der Waals surface area contributed by atoms with Gasteiger partial charge in [0.1, 0.15) is 11.5 Å². The SMILES string of the molecule is COc1cccc(N(CCC(=O)Nc2cc(C)on2)S(C)(=O)=O)c1. The van der Waals surface area contributed by atoms with Gasteiger partial charge in [-0.05, 0) is 19.1 Å². The fourth-order valence-corrected chi connectivity index (χ4v) is 3.01. The van der Waals surface area contributed by atoms with Gasteiger partial charge in [-0.3, -0.25) is 9.10 Å². The summed E-state index contributed by atoms with van der Waals surface area (Å²) >= 11 is 0. The van der Waals surface area contributed by atoms with Gasteiger partial charge in [0.05, 0.1) is 19.1 Å². The van der Waals surface area contributed by atoms with Gasteiger partial charge in [-0.2, -0.15) is 0 Å². The molecule has 0 atom stereocenters. The highest BCUT2D eigenvalue weighted by atomic mass is 32.2. The average molecular weight is 353 g/mol. The number of aromatic nitrogens is 1. The molecule has 0 aliphatic heterocycles. The molecule has 8 nitrogen and oxygen atoms in total. The van der Waals surface area contributed by atoms with Crippen molar-refractivity contribution in [1.82, 2.24) is 5.16 Å². The van der Waals surface area contributed by atoms with Crippen molar-refractivity contribution in [3.63, 3.8) is 0 Å². The van der Waals surface area contributed by atoms with Crippen molar-refractivity contribution in [2.75, 3.05) is 29.5 Å². The quantitative estimate of drug-likeness (QED) is 0.814. The summed E-state index contributed by atoms with van der Waals surface area (Å²) in [4.78, 5) is 12.0. The lowest BCUT2D eigenvalue weighted by molar-refractivity contribution is -0.116. The molecule has 0 aliphatic carbocycles. The maximum absolute atomic E-state index is 12.0. The smallest absolute Gasteiger partial charge is 0.232 e. The van der Waals surface area contributed by atoms with Crippen LogP contribution in [0.4, 0.5) is 11.5 Å². The Balaban J connectivity index is 2.08. The first kappa shape index (κ1) is 17.8. The zero-order valence-electron chi connectivity index (χ0n) is 13.6. The van der Waals surface area contributed by atoms with Gasteiger partial charge in [-0.1, -0.05) is 11.2 Å². The van der Waals surface area contributed by atoms with Crippen LogP contribution in [-0.2, 0) is 14.8 Å². The fraction of sp³-hybridized carbons (Fsp3) is 0.333. The van der Waals surface area contributed by atoms with E-state index in [1.54, 1.807) is 37.3 Å². The molecule has 0 aliphatic rings. The molecule has 9 heteroatoms. The first-order chi connectivity index (χ1) is 11.3. The lowest BCUT2D eigenvalue weighted by Crippen LogP contribution is -2.33. The molecule has 1 heterocycles. The Morgan fingerprint density at radius 3 is 2.71 bits per heavy atom. The number of amides is 1. The number of benzene rings is 1. The lowest BCUT2D eigenvalue weighted by atomic mass is 10.3. The van der Waals surface area contributed by atoms with Crippen molar-refractivity contribution in [1.29, 1.82) is 0 Å². The van der Waals surface area contributed by atoms with E-state index in [0.29, 0.717) is 23.0 Å². The van der Waals surface area contributed by atoms with Crippen LogP contribution in [0.25, 0.3) is 0 Å². The molecule has 1 N–H and O–H groups in total. The molecule has 0 fully saturated rings. The second-order valence-corrected chi connectivity index (χ2v) is 7.06. The van der Waals surface area contributed by atoms with E-state index in [0.717, 1.165) is 10.6 Å². The standard InChI is InChI=1S/C15H19N3O5S/c1-11-9-14(17-23-11)16-15(19)7-8-18(24(3,20)21)12-5-4-6-13(10-12)22-2/h4-6,9-10H,7-8H2,1-3H3,(H,16,17,19). The van der Waals surface area contributed by atoms with E-state index in [2.05, 4.69) is 10.5 Å². The number of nitrogens with one attached hydrogen (secondary N) is 1. The Kier molecular flexibility index (Phi) is 5.45. The molecule has 0 bridgehead atoms. The highest BCUT2D eigenvalue weighted by molar-refractivity contribution is 7.92. The first-order valence-electron chi connectivity index (χ1n) is 7.14. The number of nitrogens with zero attached hydrogens (tertiary/aromatic N) is 2. The monoisotopic (exact) mass is 353 g/mol. The van der Waals surface area contributed by atoms with Crippen molar-refractivity contribution in [3.8, 4) is 5.75 Å². The summed E-state index contributed by atoms with van der Waals surface area (Å²) in [6.45, 7) is 1.70. The molecule has 0 unspecified atom stereocenters. The van der Waals surface area contributed by atoms with E-state index in [9.17, 15) is 13.2 Å². The number of sulfonamides is 1. The van der Waals surface area contributed by atoms with Crippen LogP contribution >= 0.6 is 0 Å². The van der Waals surface area contributed by atoms with Crippen LogP contribution in [0.2, 0.25) is 0 Å². The lowest BCUT2D eigenvalue weighted by Gasteiger charge is -2.22. The van der Waals surface area contributed by atoms with Gasteiger partial charge < -0.3 is 14.6 Å². The minimum absolute atomic E-state index is 0.00529. The van der Waals surface area contributed by atoms with Crippen molar-refractivity contribution in [2.45, 2.75) is 13.3 Å². The normalized spacial score (nSPS) is 11.1. The van der Waals surface area contributed by atoms with E-state index in [1.807, 2.05) is 0 Å². The Morgan fingerprint density at radius 1 is 1.38 bits per heavy atom. The van der Waals surface area contributed by atoms with Gasteiger partial charge in [0.15, 0.2) is 5.82 Å². The van der Waals surface area contributed by atoms with Crippen LogP contribution in [0, 0.1) is 6.92 Å². The van der Waals surface area contributed by atoms with Gasteiger partial charge in [0.25, 0.3) is 0 Å².